The SMILES string of the molecule is COc1ccc(C2(Cc3ccncc3)CCNC2=O)c2nc(C3CCCC3)[nH]c12. The summed E-state index contributed by atoms with van der Waals surface area (Å²) in [5, 5.41) is 3.06. The Morgan fingerprint density at radius 3 is 2.66 bits per heavy atom. The second-order valence-corrected chi connectivity index (χ2v) is 8.26. The molecule has 1 aliphatic carbocycles. The fourth-order valence-electron chi connectivity index (χ4n) is 5.08. The Labute approximate surface area is 170 Å². The van der Waals surface area contributed by atoms with Crippen LogP contribution in [-0.2, 0) is 16.6 Å². The monoisotopic (exact) mass is 390 g/mol. The van der Waals surface area contributed by atoms with Crippen molar-refractivity contribution < 1.29 is 9.53 Å². The highest BCUT2D eigenvalue weighted by atomic mass is 16.5. The summed E-state index contributed by atoms with van der Waals surface area (Å²) >= 11 is 0. The van der Waals surface area contributed by atoms with Gasteiger partial charge in [-0.1, -0.05) is 18.9 Å². The summed E-state index contributed by atoms with van der Waals surface area (Å²) in [5.41, 5.74) is 3.24. The molecular weight excluding hydrogens is 364 g/mol. The summed E-state index contributed by atoms with van der Waals surface area (Å²) in [6.45, 7) is 0.678. The number of imidazole rings is 1. The van der Waals surface area contributed by atoms with Crippen LogP contribution in [-0.4, -0.2) is 34.5 Å². The molecule has 6 nitrogen and oxygen atoms in total. The molecule has 1 saturated heterocycles. The molecule has 1 unspecified atom stereocenters. The van der Waals surface area contributed by atoms with Crippen molar-refractivity contribution in [2.24, 2.45) is 0 Å². The molecule has 0 bridgehead atoms. The zero-order valence-electron chi connectivity index (χ0n) is 16.7. The molecule has 6 heteroatoms. The average molecular weight is 390 g/mol. The van der Waals surface area contributed by atoms with Gasteiger partial charge in [-0.15, -0.1) is 0 Å². The van der Waals surface area contributed by atoms with Crippen LogP contribution in [0, 0.1) is 0 Å². The number of benzene rings is 1. The van der Waals surface area contributed by atoms with E-state index in [9.17, 15) is 4.79 Å². The fraction of sp³-hybridized carbons (Fsp3) is 0.435. The van der Waals surface area contributed by atoms with Crippen LogP contribution in [0.4, 0.5) is 0 Å². The number of nitrogens with zero attached hydrogens (tertiary/aromatic N) is 2. The van der Waals surface area contributed by atoms with Crippen molar-refractivity contribution in [1.82, 2.24) is 20.3 Å². The van der Waals surface area contributed by atoms with Crippen molar-refractivity contribution in [2.75, 3.05) is 13.7 Å². The van der Waals surface area contributed by atoms with Gasteiger partial charge in [-0.3, -0.25) is 9.78 Å². The number of aromatic nitrogens is 3. The molecule has 3 heterocycles. The number of hydrogen-bond donors (Lipinski definition) is 2. The molecule has 2 aromatic heterocycles. The minimum absolute atomic E-state index is 0.0752. The number of aromatic amines is 1. The van der Waals surface area contributed by atoms with E-state index in [0.29, 0.717) is 18.9 Å². The number of fused-ring (bicyclic) bond motifs is 1. The van der Waals surface area contributed by atoms with E-state index in [1.807, 2.05) is 24.3 Å². The Kier molecular flexibility index (Phi) is 4.49. The molecule has 3 aromatic rings. The molecular formula is C23H26N4O2. The molecule has 2 aliphatic rings. The van der Waals surface area contributed by atoms with Gasteiger partial charge in [-0.25, -0.2) is 4.98 Å². The van der Waals surface area contributed by atoms with Gasteiger partial charge in [0, 0.05) is 24.9 Å². The Bertz CT molecular complexity index is 1040. The van der Waals surface area contributed by atoms with Crippen LogP contribution in [0.15, 0.2) is 36.7 Å². The van der Waals surface area contributed by atoms with Crippen molar-refractivity contribution in [3.05, 3.63) is 53.6 Å². The normalized spacial score (nSPS) is 22.3. The predicted octanol–water partition coefficient (Wildman–Crippen LogP) is 3.62. The lowest BCUT2D eigenvalue weighted by Gasteiger charge is -2.27. The van der Waals surface area contributed by atoms with E-state index in [4.69, 9.17) is 9.72 Å². The van der Waals surface area contributed by atoms with Gasteiger partial charge in [0.05, 0.1) is 18.0 Å². The van der Waals surface area contributed by atoms with Gasteiger partial charge in [-0.05, 0) is 55.0 Å². The second-order valence-electron chi connectivity index (χ2n) is 8.26. The minimum Gasteiger partial charge on any atom is -0.494 e. The number of carbonyl (C=O) groups excluding carboxylic acids is 1. The smallest absolute Gasteiger partial charge is 0.231 e. The molecule has 1 saturated carbocycles. The lowest BCUT2D eigenvalue weighted by atomic mass is 9.74. The van der Waals surface area contributed by atoms with E-state index in [2.05, 4.69) is 15.3 Å². The lowest BCUT2D eigenvalue weighted by Crippen LogP contribution is -2.38. The van der Waals surface area contributed by atoms with Crippen LogP contribution in [0.1, 0.15) is 55.0 Å². The Balaban J connectivity index is 1.67. The number of ether oxygens (including phenoxy) is 1. The molecule has 2 N–H and O–H groups in total. The van der Waals surface area contributed by atoms with E-state index in [1.54, 1.807) is 19.5 Å². The number of hydrogen-bond acceptors (Lipinski definition) is 4. The molecule has 1 atom stereocenters. The minimum atomic E-state index is -0.631. The average Bonchev–Trinajstić information content (AvgIpc) is 3.48. The van der Waals surface area contributed by atoms with Gasteiger partial charge >= 0.3 is 0 Å². The van der Waals surface area contributed by atoms with E-state index < -0.39 is 5.41 Å². The van der Waals surface area contributed by atoms with Gasteiger partial charge in [0.2, 0.25) is 5.91 Å². The molecule has 150 valence electrons. The van der Waals surface area contributed by atoms with Crippen LogP contribution in [0.5, 0.6) is 5.75 Å². The summed E-state index contributed by atoms with van der Waals surface area (Å²) < 4.78 is 5.62. The van der Waals surface area contributed by atoms with Crippen molar-refractivity contribution >= 4 is 16.9 Å². The zero-order chi connectivity index (χ0) is 19.8. The first kappa shape index (κ1) is 18.2. The predicted molar refractivity (Wildman–Crippen MR) is 111 cm³/mol. The number of H-pyrrole nitrogens is 1. The van der Waals surface area contributed by atoms with Crippen molar-refractivity contribution in [3.8, 4) is 5.75 Å². The quantitative estimate of drug-likeness (QED) is 0.697. The molecule has 5 rings (SSSR count). The number of pyridine rings is 1. The van der Waals surface area contributed by atoms with E-state index in [0.717, 1.165) is 40.2 Å². The van der Waals surface area contributed by atoms with Gasteiger partial charge in [0.1, 0.15) is 17.1 Å². The van der Waals surface area contributed by atoms with Crippen molar-refractivity contribution in [3.63, 3.8) is 0 Å². The molecule has 1 amide bonds. The van der Waals surface area contributed by atoms with Crippen LogP contribution >= 0.6 is 0 Å². The molecule has 29 heavy (non-hydrogen) atoms. The highest BCUT2D eigenvalue weighted by Gasteiger charge is 2.45. The van der Waals surface area contributed by atoms with Gasteiger partial charge in [-0.2, -0.15) is 0 Å². The molecule has 0 radical (unpaired) electrons. The summed E-state index contributed by atoms with van der Waals surface area (Å²) in [6, 6.07) is 7.98. The maximum Gasteiger partial charge on any atom is 0.231 e. The Morgan fingerprint density at radius 1 is 1.17 bits per heavy atom. The number of amides is 1. The zero-order valence-corrected chi connectivity index (χ0v) is 16.7. The first-order valence-corrected chi connectivity index (χ1v) is 10.5. The first-order chi connectivity index (χ1) is 14.2. The summed E-state index contributed by atoms with van der Waals surface area (Å²) in [4.78, 5) is 25.9. The van der Waals surface area contributed by atoms with Crippen molar-refractivity contribution in [2.45, 2.75) is 49.9 Å². The second kappa shape index (κ2) is 7.17. The highest BCUT2D eigenvalue weighted by Crippen LogP contribution is 2.42. The Morgan fingerprint density at radius 2 is 1.97 bits per heavy atom. The third kappa shape index (κ3) is 2.98. The molecule has 1 aromatic carbocycles. The number of carbonyl (C=O) groups is 1. The number of rotatable bonds is 5. The number of nitrogens with one attached hydrogen (secondary N) is 2. The van der Waals surface area contributed by atoms with Crippen molar-refractivity contribution in [1.29, 1.82) is 0 Å². The molecule has 0 spiro atoms. The van der Waals surface area contributed by atoms with Gasteiger partial charge < -0.3 is 15.0 Å². The van der Waals surface area contributed by atoms with Crippen LogP contribution in [0.2, 0.25) is 0 Å². The maximum absolute atomic E-state index is 13.2. The standard InChI is InChI=1S/C23H26N4O2/c1-29-18-7-6-17(19-20(18)27-21(26-19)16-4-2-3-5-16)23(10-13-25-22(23)28)14-15-8-11-24-12-9-15/h6-9,11-12,16H,2-5,10,13-14H2,1H3,(H,25,28)(H,26,27). The van der Waals surface area contributed by atoms with Crippen LogP contribution in [0.25, 0.3) is 11.0 Å². The topological polar surface area (TPSA) is 79.9 Å². The number of methoxy groups -OCH3 is 1. The fourth-order valence-corrected chi connectivity index (χ4v) is 5.08. The lowest BCUT2D eigenvalue weighted by molar-refractivity contribution is -0.123. The molecule has 2 fully saturated rings. The van der Waals surface area contributed by atoms with Crippen LogP contribution < -0.4 is 10.1 Å². The Hall–Kier alpha value is -2.89. The van der Waals surface area contributed by atoms with Crippen LogP contribution in [0.3, 0.4) is 0 Å². The largest absolute Gasteiger partial charge is 0.494 e. The summed E-state index contributed by atoms with van der Waals surface area (Å²) in [6.07, 6.45) is 9.79. The summed E-state index contributed by atoms with van der Waals surface area (Å²) in [5.74, 6) is 2.35. The van der Waals surface area contributed by atoms with Gasteiger partial charge in [0.15, 0.2) is 0 Å². The summed E-state index contributed by atoms with van der Waals surface area (Å²) in [7, 11) is 1.68. The van der Waals surface area contributed by atoms with E-state index in [-0.39, 0.29) is 5.91 Å². The van der Waals surface area contributed by atoms with Gasteiger partial charge in [0.25, 0.3) is 0 Å². The maximum atomic E-state index is 13.2. The van der Waals surface area contributed by atoms with E-state index >= 15 is 0 Å². The third-order valence-corrected chi connectivity index (χ3v) is 6.63. The van der Waals surface area contributed by atoms with E-state index in [1.165, 1.54) is 25.7 Å². The highest BCUT2D eigenvalue weighted by molar-refractivity contribution is 5.97. The third-order valence-electron chi connectivity index (χ3n) is 6.63. The molecule has 1 aliphatic heterocycles. The first-order valence-electron chi connectivity index (χ1n) is 10.5.